The first-order chi connectivity index (χ1) is 8.00. The van der Waals surface area contributed by atoms with Crippen LogP contribution in [-0.2, 0) is 4.74 Å². The standard InChI is InChI=1S/C15H25NO/c1-7-15(4,17-6)14(16-5)13-10-8-9-11(2)12(13)3/h8-10,14,16H,7H2,1-6H3. The number of hydrogen-bond acceptors (Lipinski definition) is 2. The molecule has 2 nitrogen and oxygen atoms in total. The van der Waals surface area contributed by atoms with Gasteiger partial charge in [0.05, 0.1) is 11.6 Å². The second-order valence-corrected chi connectivity index (χ2v) is 4.88. The van der Waals surface area contributed by atoms with Gasteiger partial charge in [-0.3, -0.25) is 0 Å². The first-order valence-electron chi connectivity index (χ1n) is 6.28. The quantitative estimate of drug-likeness (QED) is 0.844. The second kappa shape index (κ2) is 5.65. The lowest BCUT2D eigenvalue weighted by Crippen LogP contribution is -2.41. The normalized spacial score (nSPS) is 16.6. The van der Waals surface area contributed by atoms with Crippen molar-refractivity contribution in [3.8, 4) is 0 Å². The molecule has 0 heterocycles. The molecule has 1 aromatic rings. The Morgan fingerprint density at radius 3 is 2.47 bits per heavy atom. The van der Waals surface area contributed by atoms with Crippen molar-refractivity contribution in [2.45, 2.75) is 45.8 Å². The SMILES string of the molecule is CCC(C)(OC)C(NC)c1cccc(C)c1C. The number of rotatable bonds is 5. The summed E-state index contributed by atoms with van der Waals surface area (Å²) in [5.74, 6) is 0. The van der Waals surface area contributed by atoms with E-state index >= 15 is 0 Å². The fraction of sp³-hybridized carbons (Fsp3) is 0.600. The minimum absolute atomic E-state index is 0.173. The molecule has 1 N–H and O–H groups in total. The van der Waals surface area contributed by atoms with Gasteiger partial charge in [-0.05, 0) is 50.9 Å². The van der Waals surface area contributed by atoms with Crippen molar-refractivity contribution < 1.29 is 4.74 Å². The van der Waals surface area contributed by atoms with E-state index in [1.807, 2.05) is 7.05 Å². The van der Waals surface area contributed by atoms with E-state index in [1.54, 1.807) is 7.11 Å². The molecule has 0 aliphatic heterocycles. The number of hydrogen-bond donors (Lipinski definition) is 1. The predicted octanol–water partition coefficient (Wildman–Crippen LogP) is 3.38. The zero-order valence-corrected chi connectivity index (χ0v) is 11.9. The lowest BCUT2D eigenvalue weighted by atomic mass is 9.84. The molecule has 0 fully saturated rings. The maximum atomic E-state index is 5.73. The Bertz CT molecular complexity index is 369. The van der Waals surface area contributed by atoms with Crippen molar-refractivity contribution in [3.63, 3.8) is 0 Å². The molecule has 2 atom stereocenters. The molecule has 2 unspecified atom stereocenters. The van der Waals surface area contributed by atoms with Crippen LogP contribution in [0.1, 0.15) is 43.0 Å². The Hall–Kier alpha value is -0.860. The highest BCUT2D eigenvalue weighted by Crippen LogP contribution is 2.33. The topological polar surface area (TPSA) is 21.3 Å². The first-order valence-corrected chi connectivity index (χ1v) is 6.28. The Morgan fingerprint density at radius 1 is 1.35 bits per heavy atom. The highest BCUT2D eigenvalue weighted by molar-refractivity contribution is 5.36. The maximum Gasteiger partial charge on any atom is 0.0841 e. The van der Waals surface area contributed by atoms with E-state index in [9.17, 15) is 0 Å². The lowest BCUT2D eigenvalue weighted by Gasteiger charge is -2.37. The number of nitrogens with one attached hydrogen (secondary N) is 1. The summed E-state index contributed by atoms with van der Waals surface area (Å²) in [7, 11) is 3.79. The summed E-state index contributed by atoms with van der Waals surface area (Å²) >= 11 is 0. The fourth-order valence-electron chi connectivity index (χ4n) is 2.34. The Morgan fingerprint density at radius 2 is 2.00 bits per heavy atom. The molecule has 0 radical (unpaired) electrons. The largest absolute Gasteiger partial charge is 0.377 e. The van der Waals surface area contributed by atoms with E-state index in [2.05, 4.69) is 51.2 Å². The van der Waals surface area contributed by atoms with Crippen LogP contribution in [-0.4, -0.2) is 19.8 Å². The average Bonchev–Trinajstić information content (AvgIpc) is 2.35. The van der Waals surface area contributed by atoms with Gasteiger partial charge in [-0.2, -0.15) is 0 Å². The van der Waals surface area contributed by atoms with Gasteiger partial charge in [0, 0.05) is 7.11 Å². The summed E-state index contributed by atoms with van der Waals surface area (Å²) in [6, 6.07) is 6.68. The summed E-state index contributed by atoms with van der Waals surface area (Å²) in [6.07, 6.45) is 0.975. The molecule has 0 bridgehead atoms. The van der Waals surface area contributed by atoms with Crippen molar-refractivity contribution in [3.05, 3.63) is 34.9 Å². The number of ether oxygens (including phenoxy) is 1. The van der Waals surface area contributed by atoms with Crippen molar-refractivity contribution in [2.24, 2.45) is 0 Å². The van der Waals surface area contributed by atoms with Gasteiger partial charge >= 0.3 is 0 Å². The lowest BCUT2D eigenvalue weighted by molar-refractivity contribution is -0.0282. The van der Waals surface area contributed by atoms with Gasteiger partial charge in [0.2, 0.25) is 0 Å². The molecule has 1 aromatic carbocycles. The van der Waals surface area contributed by atoms with Crippen LogP contribution in [0.4, 0.5) is 0 Å². The number of benzene rings is 1. The van der Waals surface area contributed by atoms with Crippen LogP contribution < -0.4 is 5.32 Å². The maximum absolute atomic E-state index is 5.73. The Labute approximate surface area is 105 Å². The minimum Gasteiger partial charge on any atom is -0.377 e. The molecule has 0 saturated heterocycles. The van der Waals surface area contributed by atoms with Crippen LogP contribution in [0.25, 0.3) is 0 Å². The molecule has 1 rings (SSSR count). The molecule has 2 heteroatoms. The van der Waals surface area contributed by atoms with Crippen LogP contribution in [0.5, 0.6) is 0 Å². The summed E-state index contributed by atoms with van der Waals surface area (Å²) in [6.45, 7) is 8.66. The third-order valence-corrected chi connectivity index (χ3v) is 4.03. The van der Waals surface area contributed by atoms with Crippen molar-refractivity contribution in [2.75, 3.05) is 14.2 Å². The van der Waals surface area contributed by atoms with E-state index in [0.29, 0.717) is 0 Å². The number of likely N-dealkylation sites (N-methyl/N-ethyl adjacent to an activating group) is 1. The van der Waals surface area contributed by atoms with Gasteiger partial charge in [0.15, 0.2) is 0 Å². The molecule has 0 saturated carbocycles. The van der Waals surface area contributed by atoms with E-state index in [1.165, 1.54) is 16.7 Å². The average molecular weight is 235 g/mol. The van der Waals surface area contributed by atoms with Crippen LogP contribution in [0.3, 0.4) is 0 Å². The summed E-state index contributed by atoms with van der Waals surface area (Å²) < 4.78 is 5.73. The van der Waals surface area contributed by atoms with Gasteiger partial charge in [0.25, 0.3) is 0 Å². The van der Waals surface area contributed by atoms with Gasteiger partial charge in [-0.1, -0.05) is 25.1 Å². The molecule has 0 aliphatic carbocycles. The van der Waals surface area contributed by atoms with E-state index < -0.39 is 0 Å². The summed E-state index contributed by atoms with van der Waals surface area (Å²) in [5, 5.41) is 3.40. The van der Waals surface area contributed by atoms with Gasteiger partial charge in [-0.15, -0.1) is 0 Å². The van der Waals surface area contributed by atoms with Crippen molar-refractivity contribution >= 4 is 0 Å². The summed E-state index contributed by atoms with van der Waals surface area (Å²) in [5.41, 5.74) is 3.84. The third-order valence-electron chi connectivity index (χ3n) is 4.03. The fourth-order valence-corrected chi connectivity index (χ4v) is 2.34. The monoisotopic (exact) mass is 235 g/mol. The molecule has 17 heavy (non-hydrogen) atoms. The molecule has 96 valence electrons. The van der Waals surface area contributed by atoms with E-state index in [0.717, 1.165) is 6.42 Å². The van der Waals surface area contributed by atoms with Crippen LogP contribution in [0.15, 0.2) is 18.2 Å². The number of methoxy groups -OCH3 is 1. The first kappa shape index (κ1) is 14.2. The zero-order valence-electron chi connectivity index (χ0n) is 11.9. The second-order valence-electron chi connectivity index (χ2n) is 4.88. The Kier molecular flexibility index (Phi) is 4.72. The zero-order chi connectivity index (χ0) is 13.1. The van der Waals surface area contributed by atoms with Crippen LogP contribution >= 0.6 is 0 Å². The third kappa shape index (κ3) is 2.70. The van der Waals surface area contributed by atoms with Gasteiger partial charge < -0.3 is 10.1 Å². The van der Waals surface area contributed by atoms with Crippen LogP contribution in [0.2, 0.25) is 0 Å². The highest BCUT2D eigenvalue weighted by Gasteiger charge is 2.33. The van der Waals surface area contributed by atoms with E-state index in [-0.39, 0.29) is 11.6 Å². The molecule has 0 aliphatic rings. The van der Waals surface area contributed by atoms with E-state index in [4.69, 9.17) is 4.74 Å². The molecule has 0 amide bonds. The predicted molar refractivity (Wildman–Crippen MR) is 73.4 cm³/mol. The molecule has 0 aromatic heterocycles. The van der Waals surface area contributed by atoms with Gasteiger partial charge in [-0.25, -0.2) is 0 Å². The van der Waals surface area contributed by atoms with Gasteiger partial charge in [0.1, 0.15) is 0 Å². The van der Waals surface area contributed by atoms with Crippen LogP contribution in [0, 0.1) is 13.8 Å². The Balaban J connectivity index is 3.22. The smallest absolute Gasteiger partial charge is 0.0841 e. The highest BCUT2D eigenvalue weighted by atomic mass is 16.5. The summed E-state index contributed by atoms with van der Waals surface area (Å²) in [4.78, 5) is 0. The van der Waals surface area contributed by atoms with Crippen molar-refractivity contribution in [1.29, 1.82) is 0 Å². The van der Waals surface area contributed by atoms with Crippen molar-refractivity contribution in [1.82, 2.24) is 5.32 Å². The minimum atomic E-state index is -0.173. The number of aryl methyl sites for hydroxylation is 1. The molecular formula is C15H25NO. The molecule has 0 spiro atoms. The molecular weight excluding hydrogens is 210 g/mol.